The molecule has 4 rings (SSSR count). The highest BCUT2D eigenvalue weighted by Gasteiger charge is 2.30. The van der Waals surface area contributed by atoms with Crippen LogP contribution in [0.25, 0.3) is 0 Å². The van der Waals surface area contributed by atoms with Gasteiger partial charge in [-0.05, 0) is 31.0 Å². The second-order valence-corrected chi connectivity index (χ2v) is 10.9. The molecule has 2 aromatic heterocycles. The number of carbonyl (C=O) groups excluding carboxylic acids is 2. The van der Waals surface area contributed by atoms with Crippen molar-refractivity contribution in [2.75, 3.05) is 39.4 Å². The molecule has 2 fully saturated rings. The van der Waals surface area contributed by atoms with E-state index in [-0.39, 0.29) is 28.5 Å². The molecule has 31 heavy (non-hydrogen) atoms. The van der Waals surface area contributed by atoms with E-state index < -0.39 is 10.0 Å². The van der Waals surface area contributed by atoms with Gasteiger partial charge in [-0.15, -0.1) is 11.3 Å². The number of sulfonamides is 1. The maximum atomic E-state index is 12.7. The van der Waals surface area contributed by atoms with Gasteiger partial charge in [0.2, 0.25) is 5.91 Å². The summed E-state index contributed by atoms with van der Waals surface area (Å²) in [6.45, 7) is 2.72. The molecule has 168 valence electrons. The van der Waals surface area contributed by atoms with Crippen molar-refractivity contribution in [1.82, 2.24) is 14.5 Å². The number of ether oxygens (including phenoxy) is 1. The van der Waals surface area contributed by atoms with E-state index in [2.05, 4.69) is 5.32 Å². The Hall–Kier alpha value is -2.21. The molecule has 0 aromatic carbocycles. The van der Waals surface area contributed by atoms with Crippen molar-refractivity contribution in [3.05, 3.63) is 41.2 Å². The van der Waals surface area contributed by atoms with Gasteiger partial charge in [-0.3, -0.25) is 9.59 Å². The Morgan fingerprint density at radius 2 is 1.97 bits per heavy atom. The number of amides is 2. The van der Waals surface area contributed by atoms with Gasteiger partial charge < -0.3 is 19.4 Å². The molecule has 4 heterocycles. The number of likely N-dealkylation sites (tertiary alicyclic amines) is 1. The SMILES string of the molecule is O=C(NCc1ccc(S(=O)(=O)N2CCOCC2)s1)C1CCCN(C(=O)c2ccoc2)C1. The van der Waals surface area contributed by atoms with Crippen LogP contribution in [0.15, 0.2) is 39.4 Å². The van der Waals surface area contributed by atoms with Crippen LogP contribution in [0.1, 0.15) is 28.1 Å². The quantitative estimate of drug-likeness (QED) is 0.690. The Labute approximate surface area is 185 Å². The smallest absolute Gasteiger partial charge is 0.257 e. The van der Waals surface area contributed by atoms with Gasteiger partial charge in [-0.1, -0.05) is 0 Å². The van der Waals surface area contributed by atoms with Gasteiger partial charge in [-0.25, -0.2) is 8.42 Å². The first kappa shape index (κ1) is 22.0. The van der Waals surface area contributed by atoms with Crippen molar-refractivity contribution < 1.29 is 27.2 Å². The van der Waals surface area contributed by atoms with Crippen LogP contribution in [0.2, 0.25) is 0 Å². The molecular formula is C20H25N3O6S2. The standard InChI is InChI=1S/C20H25N3O6S2/c24-19(15-2-1-6-22(13-15)20(25)16-5-9-29-14-16)21-12-17-3-4-18(30-17)31(26,27)23-7-10-28-11-8-23/h3-5,9,14-15H,1-2,6-8,10-13H2,(H,21,24). The number of nitrogens with zero attached hydrogens (tertiary/aromatic N) is 2. The largest absolute Gasteiger partial charge is 0.472 e. The van der Waals surface area contributed by atoms with E-state index in [1.54, 1.807) is 23.1 Å². The van der Waals surface area contributed by atoms with Gasteiger partial charge >= 0.3 is 0 Å². The third kappa shape index (κ3) is 5.00. The fraction of sp³-hybridized carbons (Fsp3) is 0.500. The first-order valence-corrected chi connectivity index (χ1v) is 12.5. The molecule has 1 unspecified atom stereocenters. The van der Waals surface area contributed by atoms with E-state index in [1.165, 1.54) is 28.2 Å². The average molecular weight is 468 g/mol. The van der Waals surface area contributed by atoms with Crippen molar-refractivity contribution in [1.29, 1.82) is 0 Å². The van der Waals surface area contributed by atoms with E-state index >= 15 is 0 Å². The van der Waals surface area contributed by atoms with Crippen molar-refractivity contribution >= 4 is 33.2 Å². The Morgan fingerprint density at radius 3 is 2.71 bits per heavy atom. The van der Waals surface area contributed by atoms with E-state index in [4.69, 9.17) is 9.15 Å². The summed E-state index contributed by atoms with van der Waals surface area (Å²) in [5, 5.41) is 2.89. The molecule has 2 aliphatic rings. The first-order valence-electron chi connectivity index (χ1n) is 10.2. The lowest BCUT2D eigenvalue weighted by molar-refractivity contribution is -0.126. The molecule has 2 aliphatic heterocycles. The van der Waals surface area contributed by atoms with E-state index in [1.807, 2.05) is 0 Å². The minimum absolute atomic E-state index is 0.129. The van der Waals surface area contributed by atoms with Crippen LogP contribution < -0.4 is 5.32 Å². The van der Waals surface area contributed by atoms with Gasteiger partial charge in [0.25, 0.3) is 15.9 Å². The number of carbonyl (C=O) groups is 2. The Morgan fingerprint density at radius 1 is 1.16 bits per heavy atom. The monoisotopic (exact) mass is 467 g/mol. The second-order valence-electron chi connectivity index (χ2n) is 7.56. The lowest BCUT2D eigenvalue weighted by Crippen LogP contribution is -2.45. The van der Waals surface area contributed by atoms with Crippen molar-refractivity contribution in [3.63, 3.8) is 0 Å². The number of hydrogen-bond donors (Lipinski definition) is 1. The predicted molar refractivity (Wildman–Crippen MR) is 113 cm³/mol. The van der Waals surface area contributed by atoms with Gasteiger partial charge in [0.15, 0.2) is 0 Å². The fourth-order valence-electron chi connectivity index (χ4n) is 3.77. The van der Waals surface area contributed by atoms with E-state index in [0.717, 1.165) is 11.3 Å². The highest BCUT2D eigenvalue weighted by atomic mass is 32.2. The topological polar surface area (TPSA) is 109 Å². The van der Waals surface area contributed by atoms with Crippen LogP contribution in [0.4, 0.5) is 0 Å². The van der Waals surface area contributed by atoms with Gasteiger partial charge in [0, 0.05) is 31.1 Å². The fourth-order valence-corrected chi connectivity index (χ4v) is 6.63. The molecule has 1 N–H and O–H groups in total. The minimum atomic E-state index is -3.53. The molecule has 0 saturated carbocycles. The van der Waals surface area contributed by atoms with Gasteiger partial charge in [-0.2, -0.15) is 4.31 Å². The Balaban J connectivity index is 1.32. The molecule has 11 heteroatoms. The number of morpholine rings is 1. The third-order valence-electron chi connectivity index (χ3n) is 5.49. The number of rotatable bonds is 6. The maximum absolute atomic E-state index is 12.7. The third-order valence-corrected chi connectivity index (χ3v) is 8.94. The van der Waals surface area contributed by atoms with Crippen LogP contribution in [0, 0.1) is 5.92 Å². The van der Waals surface area contributed by atoms with Crippen LogP contribution >= 0.6 is 11.3 Å². The lowest BCUT2D eigenvalue weighted by Gasteiger charge is -2.31. The summed E-state index contributed by atoms with van der Waals surface area (Å²) < 4.78 is 37.4. The zero-order chi connectivity index (χ0) is 21.8. The molecule has 9 nitrogen and oxygen atoms in total. The highest BCUT2D eigenvalue weighted by Crippen LogP contribution is 2.26. The summed E-state index contributed by atoms with van der Waals surface area (Å²) in [5.41, 5.74) is 0.480. The Kier molecular flexibility index (Phi) is 6.75. The number of hydrogen-bond acceptors (Lipinski definition) is 7. The molecule has 2 saturated heterocycles. The predicted octanol–water partition coefficient (Wildman–Crippen LogP) is 1.53. The zero-order valence-corrected chi connectivity index (χ0v) is 18.6. The normalized spacial score (nSPS) is 20.5. The van der Waals surface area contributed by atoms with E-state index in [0.29, 0.717) is 51.4 Å². The number of furan rings is 1. The molecule has 1 atom stereocenters. The van der Waals surface area contributed by atoms with Crippen LogP contribution in [-0.2, 0) is 26.1 Å². The van der Waals surface area contributed by atoms with Crippen molar-refractivity contribution in [2.24, 2.45) is 5.92 Å². The van der Waals surface area contributed by atoms with Crippen LogP contribution in [0.5, 0.6) is 0 Å². The number of nitrogens with one attached hydrogen (secondary N) is 1. The maximum Gasteiger partial charge on any atom is 0.257 e. The van der Waals surface area contributed by atoms with Gasteiger partial charge in [0.1, 0.15) is 10.5 Å². The lowest BCUT2D eigenvalue weighted by atomic mass is 9.96. The molecule has 0 bridgehead atoms. The molecule has 0 spiro atoms. The second kappa shape index (κ2) is 9.51. The van der Waals surface area contributed by atoms with Crippen LogP contribution in [-0.4, -0.2) is 68.8 Å². The minimum Gasteiger partial charge on any atom is -0.472 e. The summed E-state index contributed by atoms with van der Waals surface area (Å²) in [4.78, 5) is 27.6. The average Bonchev–Trinajstić information content (AvgIpc) is 3.50. The zero-order valence-electron chi connectivity index (χ0n) is 17.0. The van der Waals surface area contributed by atoms with Gasteiger partial charge in [0.05, 0.1) is 37.5 Å². The Bertz CT molecular complexity index is 1010. The molecule has 2 amide bonds. The van der Waals surface area contributed by atoms with Crippen molar-refractivity contribution in [2.45, 2.75) is 23.6 Å². The summed E-state index contributed by atoms with van der Waals surface area (Å²) >= 11 is 1.17. The summed E-state index contributed by atoms with van der Waals surface area (Å²) in [5.74, 6) is -0.556. The summed E-state index contributed by atoms with van der Waals surface area (Å²) in [6, 6.07) is 4.93. The molecule has 2 aromatic rings. The van der Waals surface area contributed by atoms with E-state index in [9.17, 15) is 18.0 Å². The van der Waals surface area contributed by atoms with Crippen LogP contribution in [0.3, 0.4) is 0 Å². The summed E-state index contributed by atoms with van der Waals surface area (Å²) in [6.07, 6.45) is 4.33. The van der Waals surface area contributed by atoms with Crippen molar-refractivity contribution in [3.8, 4) is 0 Å². The number of thiophene rings is 1. The molecular weight excluding hydrogens is 442 g/mol. The highest BCUT2D eigenvalue weighted by molar-refractivity contribution is 7.91. The molecule has 0 radical (unpaired) electrons. The summed E-state index contributed by atoms with van der Waals surface area (Å²) in [7, 11) is -3.53. The first-order chi connectivity index (χ1) is 14.9. The number of piperidine rings is 1. The molecule has 0 aliphatic carbocycles.